The number of nitrogens with zero attached hydrogens (tertiary/aromatic N) is 2. The van der Waals surface area contributed by atoms with Gasteiger partial charge in [0.2, 0.25) is 6.79 Å². The summed E-state index contributed by atoms with van der Waals surface area (Å²) in [6.07, 6.45) is 0. The summed E-state index contributed by atoms with van der Waals surface area (Å²) in [6.45, 7) is 5.41. The molecule has 1 aromatic carbocycles. The Morgan fingerprint density at radius 1 is 1.31 bits per heavy atom. The molecule has 0 bridgehead atoms. The second kappa shape index (κ2) is 8.34. The van der Waals surface area contributed by atoms with Crippen LogP contribution in [0.4, 0.5) is 0 Å². The number of aromatic nitrogens is 2. The molecule has 3 heterocycles. The van der Waals surface area contributed by atoms with Crippen LogP contribution >= 0.6 is 22.9 Å². The lowest BCUT2D eigenvalue weighted by Gasteiger charge is -2.06. The topological polar surface area (TPSA) is 74.6 Å². The summed E-state index contributed by atoms with van der Waals surface area (Å²) < 4.78 is 18.2. The minimum Gasteiger partial charge on any atom is -0.489 e. The third-order valence-electron chi connectivity index (χ3n) is 4.53. The predicted octanol–water partition coefficient (Wildman–Crippen LogP) is 3.95. The molecule has 0 spiro atoms. The number of carbonyl (C=O) groups excluding carboxylic acids is 1. The van der Waals surface area contributed by atoms with Gasteiger partial charge in [-0.25, -0.2) is 0 Å². The molecule has 1 N–H and O–H groups in total. The van der Waals surface area contributed by atoms with Crippen LogP contribution in [0.25, 0.3) is 0 Å². The highest BCUT2D eigenvalue weighted by Crippen LogP contribution is 2.35. The number of fused-ring (bicyclic) bond motifs is 1. The lowest BCUT2D eigenvalue weighted by atomic mass is 10.3. The standard InChI is InChI=1S/C20H20ClN3O4S/c1-12-19(21)13(2)24(23-12)6-5-22-20(25)18-7-14(10-29-18)9-26-15-3-4-16-17(8-15)28-11-27-16/h3-4,7-8,10H,5-6,9,11H2,1-2H3,(H,22,25). The van der Waals surface area contributed by atoms with Crippen LogP contribution in [0.3, 0.4) is 0 Å². The van der Waals surface area contributed by atoms with Crippen molar-refractivity contribution in [2.24, 2.45) is 0 Å². The maximum atomic E-state index is 12.4. The first-order valence-corrected chi connectivity index (χ1v) is 10.3. The van der Waals surface area contributed by atoms with Gasteiger partial charge >= 0.3 is 0 Å². The zero-order chi connectivity index (χ0) is 20.4. The molecule has 2 aromatic heterocycles. The molecule has 1 aliphatic rings. The first-order valence-electron chi connectivity index (χ1n) is 9.09. The largest absolute Gasteiger partial charge is 0.489 e. The van der Waals surface area contributed by atoms with Crippen molar-refractivity contribution in [2.45, 2.75) is 27.0 Å². The molecular weight excluding hydrogens is 414 g/mol. The van der Waals surface area contributed by atoms with E-state index in [1.54, 1.807) is 10.7 Å². The van der Waals surface area contributed by atoms with Gasteiger partial charge in [-0.15, -0.1) is 11.3 Å². The number of nitrogens with one attached hydrogen (secondary N) is 1. The number of thiophene rings is 1. The summed E-state index contributed by atoms with van der Waals surface area (Å²) in [5.74, 6) is 1.97. The van der Waals surface area contributed by atoms with Crippen molar-refractivity contribution in [1.29, 1.82) is 0 Å². The van der Waals surface area contributed by atoms with Gasteiger partial charge in [0.1, 0.15) is 12.4 Å². The molecule has 0 unspecified atom stereocenters. The number of hydrogen-bond acceptors (Lipinski definition) is 6. The average molecular weight is 434 g/mol. The van der Waals surface area contributed by atoms with Gasteiger partial charge in [-0.3, -0.25) is 9.48 Å². The second-order valence-electron chi connectivity index (χ2n) is 6.59. The smallest absolute Gasteiger partial charge is 0.261 e. The maximum Gasteiger partial charge on any atom is 0.261 e. The van der Waals surface area contributed by atoms with Crippen molar-refractivity contribution in [1.82, 2.24) is 15.1 Å². The molecule has 0 aliphatic carbocycles. The first kappa shape index (κ1) is 19.6. The van der Waals surface area contributed by atoms with Crippen LogP contribution in [-0.4, -0.2) is 29.0 Å². The monoisotopic (exact) mass is 433 g/mol. The number of ether oxygens (including phenoxy) is 3. The van der Waals surface area contributed by atoms with E-state index >= 15 is 0 Å². The lowest BCUT2D eigenvalue weighted by molar-refractivity contribution is 0.0955. The van der Waals surface area contributed by atoms with Crippen LogP contribution in [0.5, 0.6) is 17.2 Å². The highest BCUT2D eigenvalue weighted by atomic mass is 35.5. The molecule has 29 heavy (non-hydrogen) atoms. The predicted molar refractivity (Wildman–Crippen MR) is 110 cm³/mol. The van der Waals surface area contributed by atoms with Crippen molar-refractivity contribution in [3.63, 3.8) is 0 Å². The van der Waals surface area contributed by atoms with E-state index in [-0.39, 0.29) is 12.7 Å². The Bertz CT molecular complexity index is 1050. The van der Waals surface area contributed by atoms with Crippen LogP contribution in [0.1, 0.15) is 26.6 Å². The summed E-state index contributed by atoms with van der Waals surface area (Å²) in [5.41, 5.74) is 2.63. The number of rotatable bonds is 7. The van der Waals surface area contributed by atoms with Crippen molar-refractivity contribution < 1.29 is 19.0 Å². The van der Waals surface area contributed by atoms with Crippen LogP contribution in [0.15, 0.2) is 29.6 Å². The molecule has 4 rings (SSSR count). The van der Waals surface area contributed by atoms with Crippen LogP contribution in [-0.2, 0) is 13.2 Å². The van der Waals surface area contributed by atoms with E-state index in [1.165, 1.54) is 11.3 Å². The summed E-state index contributed by atoms with van der Waals surface area (Å²) in [6, 6.07) is 7.29. The Kier molecular flexibility index (Phi) is 5.64. The fourth-order valence-corrected chi connectivity index (χ4v) is 3.91. The Morgan fingerprint density at radius 3 is 2.93 bits per heavy atom. The van der Waals surface area contributed by atoms with Crippen molar-refractivity contribution in [3.05, 3.63) is 56.5 Å². The normalized spacial score (nSPS) is 12.2. The highest BCUT2D eigenvalue weighted by Gasteiger charge is 2.15. The lowest BCUT2D eigenvalue weighted by Crippen LogP contribution is -2.27. The first-order chi connectivity index (χ1) is 14.0. The molecule has 0 radical (unpaired) electrons. The van der Waals surface area contributed by atoms with Crippen molar-refractivity contribution in [2.75, 3.05) is 13.3 Å². The van der Waals surface area contributed by atoms with Gasteiger partial charge in [-0.2, -0.15) is 5.10 Å². The number of halogens is 1. The van der Waals surface area contributed by atoms with E-state index in [0.717, 1.165) is 22.7 Å². The molecule has 0 atom stereocenters. The Labute approximate surface area is 177 Å². The summed E-state index contributed by atoms with van der Waals surface area (Å²) in [7, 11) is 0. The maximum absolute atomic E-state index is 12.4. The Hall–Kier alpha value is -2.71. The number of amides is 1. The number of carbonyl (C=O) groups is 1. The second-order valence-corrected chi connectivity index (χ2v) is 7.88. The van der Waals surface area contributed by atoms with E-state index in [2.05, 4.69) is 10.4 Å². The molecule has 0 fully saturated rings. The van der Waals surface area contributed by atoms with Crippen LogP contribution in [0.2, 0.25) is 5.02 Å². The third-order valence-corrected chi connectivity index (χ3v) is 6.05. The fourth-order valence-electron chi connectivity index (χ4n) is 2.96. The minimum absolute atomic E-state index is 0.114. The number of aryl methyl sites for hydroxylation is 1. The van der Waals surface area contributed by atoms with E-state index < -0.39 is 0 Å². The average Bonchev–Trinajstić information content (AvgIpc) is 3.43. The molecule has 0 saturated heterocycles. The van der Waals surface area contributed by atoms with E-state index in [1.807, 2.05) is 37.4 Å². The summed E-state index contributed by atoms with van der Waals surface area (Å²) in [5, 5.41) is 9.86. The Balaban J connectivity index is 1.28. The van der Waals surface area contributed by atoms with Gasteiger partial charge < -0.3 is 19.5 Å². The van der Waals surface area contributed by atoms with Crippen molar-refractivity contribution >= 4 is 28.8 Å². The zero-order valence-corrected chi connectivity index (χ0v) is 17.6. The molecule has 1 aliphatic heterocycles. The summed E-state index contributed by atoms with van der Waals surface area (Å²) in [4.78, 5) is 13.0. The molecule has 152 valence electrons. The van der Waals surface area contributed by atoms with E-state index in [0.29, 0.717) is 41.1 Å². The molecule has 1 amide bonds. The van der Waals surface area contributed by atoms with Gasteiger partial charge in [0.05, 0.1) is 27.8 Å². The van der Waals surface area contributed by atoms with Gasteiger partial charge in [0.25, 0.3) is 5.91 Å². The van der Waals surface area contributed by atoms with Crippen LogP contribution in [0, 0.1) is 13.8 Å². The quantitative estimate of drug-likeness (QED) is 0.610. The minimum atomic E-state index is -0.114. The third kappa shape index (κ3) is 4.33. The zero-order valence-electron chi connectivity index (χ0n) is 16.0. The molecule has 3 aromatic rings. The molecule has 9 heteroatoms. The van der Waals surface area contributed by atoms with E-state index in [9.17, 15) is 4.79 Å². The van der Waals surface area contributed by atoms with Gasteiger partial charge in [-0.1, -0.05) is 11.6 Å². The van der Waals surface area contributed by atoms with Crippen molar-refractivity contribution in [3.8, 4) is 17.2 Å². The SMILES string of the molecule is Cc1nn(CCNC(=O)c2cc(COc3ccc4c(c3)OCO4)cs2)c(C)c1Cl. The Morgan fingerprint density at radius 2 is 2.14 bits per heavy atom. The summed E-state index contributed by atoms with van der Waals surface area (Å²) >= 11 is 7.53. The molecule has 0 saturated carbocycles. The highest BCUT2D eigenvalue weighted by molar-refractivity contribution is 7.12. The van der Waals surface area contributed by atoms with Gasteiger partial charge in [-0.05, 0) is 37.4 Å². The fraction of sp³-hybridized carbons (Fsp3) is 0.300. The number of benzene rings is 1. The van der Waals surface area contributed by atoms with E-state index in [4.69, 9.17) is 25.8 Å². The molecular formula is C20H20ClN3O4S. The van der Waals surface area contributed by atoms with Gasteiger partial charge in [0.15, 0.2) is 11.5 Å². The number of hydrogen-bond donors (Lipinski definition) is 1. The molecule has 7 nitrogen and oxygen atoms in total. The van der Waals surface area contributed by atoms with Crippen LogP contribution < -0.4 is 19.5 Å². The van der Waals surface area contributed by atoms with Gasteiger partial charge in [0, 0.05) is 18.2 Å².